The van der Waals surface area contributed by atoms with Gasteiger partial charge in [0.1, 0.15) is 11.6 Å². The molecule has 2 aromatic carbocycles. The van der Waals surface area contributed by atoms with Gasteiger partial charge in [0.25, 0.3) is 0 Å². The predicted octanol–water partition coefficient (Wildman–Crippen LogP) is 2.49. The summed E-state index contributed by atoms with van der Waals surface area (Å²) in [5.74, 6) is 0.141. The highest BCUT2D eigenvalue weighted by molar-refractivity contribution is 5.97. The molecule has 4 nitrogen and oxygen atoms in total. The Morgan fingerprint density at radius 1 is 1.04 bits per heavy atom. The number of piperazine rings is 1. The summed E-state index contributed by atoms with van der Waals surface area (Å²) in [6.07, 6.45) is 0. The van der Waals surface area contributed by atoms with Crippen molar-refractivity contribution in [1.82, 2.24) is 10.2 Å². The van der Waals surface area contributed by atoms with Crippen LogP contribution in [0.25, 0.3) is 0 Å². The summed E-state index contributed by atoms with van der Waals surface area (Å²) in [4.78, 5) is 14.4. The van der Waals surface area contributed by atoms with E-state index in [-0.39, 0.29) is 18.2 Å². The highest BCUT2D eigenvalue weighted by Gasteiger charge is 2.10. The Hall–Kier alpha value is -2.24. The average molecular weight is 328 g/mol. The van der Waals surface area contributed by atoms with Crippen molar-refractivity contribution in [1.29, 1.82) is 0 Å². The Bertz CT molecular complexity index is 665. The molecule has 3 rings (SSSR count). The van der Waals surface area contributed by atoms with Crippen LogP contribution in [-0.4, -0.2) is 43.5 Å². The Morgan fingerprint density at radius 3 is 2.38 bits per heavy atom. The number of hydrogen-bond acceptors (Lipinski definition) is 4. The molecule has 0 aromatic heterocycles. The topological polar surface area (TPSA) is 41.6 Å². The maximum atomic E-state index is 12.9. The Kier molecular flexibility index (Phi) is 5.56. The van der Waals surface area contributed by atoms with Gasteiger partial charge in [-0.2, -0.15) is 0 Å². The van der Waals surface area contributed by atoms with Crippen molar-refractivity contribution in [2.45, 2.75) is 6.54 Å². The number of ether oxygens (including phenoxy) is 1. The van der Waals surface area contributed by atoms with E-state index < -0.39 is 0 Å². The molecule has 0 amide bonds. The third-order valence-electron chi connectivity index (χ3n) is 4.08. The van der Waals surface area contributed by atoms with E-state index in [1.54, 1.807) is 0 Å². The molecule has 0 radical (unpaired) electrons. The van der Waals surface area contributed by atoms with Crippen molar-refractivity contribution in [3.63, 3.8) is 0 Å². The van der Waals surface area contributed by atoms with Crippen LogP contribution in [0.15, 0.2) is 48.5 Å². The zero-order valence-electron chi connectivity index (χ0n) is 13.5. The summed E-state index contributed by atoms with van der Waals surface area (Å²) < 4.78 is 18.4. The number of rotatable bonds is 6. The van der Waals surface area contributed by atoms with Crippen molar-refractivity contribution in [2.75, 3.05) is 32.8 Å². The van der Waals surface area contributed by atoms with Crippen LogP contribution in [0.1, 0.15) is 15.9 Å². The molecular formula is C19H21FN2O2. The maximum absolute atomic E-state index is 12.9. The van der Waals surface area contributed by atoms with E-state index in [4.69, 9.17) is 4.74 Å². The molecule has 5 heteroatoms. The second-order valence-electron chi connectivity index (χ2n) is 5.89. The smallest absolute Gasteiger partial charge is 0.200 e. The molecule has 1 aliphatic heterocycles. The number of carbonyl (C=O) groups excluding carboxylic acids is 1. The molecule has 0 saturated carbocycles. The summed E-state index contributed by atoms with van der Waals surface area (Å²) >= 11 is 0. The standard InChI is InChI=1S/C19H21FN2O2/c20-17-5-3-16(4-6-17)19(23)14-24-18-7-1-15(2-8-18)13-22-11-9-21-10-12-22/h1-8,21H,9-14H2. The summed E-state index contributed by atoms with van der Waals surface area (Å²) in [5.41, 5.74) is 1.68. The molecule has 126 valence electrons. The van der Waals surface area contributed by atoms with Crippen molar-refractivity contribution in [2.24, 2.45) is 0 Å². The van der Waals surface area contributed by atoms with Gasteiger partial charge in [-0.05, 0) is 42.0 Å². The zero-order valence-corrected chi connectivity index (χ0v) is 13.5. The molecule has 24 heavy (non-hydrogen) atoms. The highest BCUT2D eigenvalue weighted by Crippen LogP contribution is 2.15. The lowest BCUT2D eigenvalue weighted by Gasteiger charge is -2.27. The van der Waals surface area contributed by atoms with Gasteiger partial charge >= 0.3 is 0 Å². The van der Waals surface area contributed by atoms with Gasteiger partial charge in [-0.25, -0.2) is 4.39 Å². The normalized spacial score (nSPS) is 15.2. The Labute approximate surface area is 141 Å². The van der Waals surface area contributed by atoms with Crippen LogP contribution in [-0.2, 0) is 6.54 Å². The Morgan fingerprint density at radius 2 is 1.71 bits per heavy atom. The molecule has 1 saturated heterocycles. The number of halogens is 1. The van der Waals surface area contributed by atoms with Gasteiger partial charge in [0.15, 0.2) is 12.4 Å². The van der Waals surface area contributed by atoms with Gasteiger partial charge in [-0.1, -0.05) is 12.1 Å². The fourth-order valence-electron chi connectivity index (χ4n) is 2.69. The zero-order chi connectivity index (χ0) is 16.8. The number of hydrogen-bond donors (Lipinski definition) is 1. The molecule has 1 heterocycles. The quantitative estimate of drug-likeness (QED) is 0.827. The molecule has 0 atom stereocenters. The highest BCUT2D eigenvalue weighted by atomic mass is 19.1. The van der Waals surface area contributed by atoms with Crippen LogP contribution in [0.2, 0.25) is 0 Å². The fourth-order valence-corrected chi connectivity index (χ4v) is 2.69. The minimum atomic E-state index is -0.354. The second-order valence-corrected chi connectivity index (χ2v) is 5.89. The minimum Gasteiger partial charge on any atom is -0.485 e. The van der Waals surface area contributed by atoms with Crippen LogP contribution in [0.4, 0.5) is 4.39 Å². The van der Waals surface area contributed by atoms with Crippen molar-refractivity contribution in [3.8, 4) is 5.75 Å². The van der Waals surface area contributed by atoms with Gasteiger partial charge in [0.05, 0.1) is 0 Å². The summed E-state index contributed by atoms with van der Waals surface area (Å²) in [6.45, 7) is 5.06. The lowest BCUT2D eigenvalue weighted by atomic mass is 10.1. The third kappa shape index (κ3) is 4.63. The first-order chi connectivity index (χ1) is 11.7. The van der Waals surface area contributed by atoms with E-state index >= 15 is 0 Å². The van der Waals surface area contributed by atoms with E-state index in [9.17, 15) is 9.18 Å². The number of carbonyl (C=O) groups is 1. The number of ketones is 1. The van der Waals surface area contributed by atoms with Crippen molar-refractivity contribution >= 4 is 5.78 Å². The summed E-state index contributed by atoms with van der Waals surface area (Å²) in [6, 6.07) is 13.3. The first kappa shape index (κ1) is 16.6. The number of Topliss-reactive ketones (excluding diaryl/α,β-unsaturated/α-hetero) is 1. The molecule has 2 aromatic rings. The third-order valence-corrected chi connectivity index (χ3v) is 4.08. The summed E-state index contributed by atoms with van der Waals surface area (Å²) in [7, 11) is 0. The van der Waals surface area contributed by atoms with Crippen LogP contribution >= 0.6 is 0 Å². The molecule has 0 bridgehead atoms. The largest absolute Gasteiger partial charge is 0.485 e. The van der Waals surface area contributed by atoms with Gasteiger partial charge in [0.2, 0.25) is 0 Å². The van der Waals surface area contributed by atoms with Crippen LogP contribution in [0, 0.1) is 5.82 Å². The van der Waals surface area contributed by atoms with Gasteiger partial charge in [-0.15, -0.1) is 0 Å². The van der Waals surface area contributed by atoms with Crippen LogP contribution in [0.3, 0.4) is 0 Å². The van der Waals surface area contributed by atoms with E-state index in [2.05, 4.69) is 10.2 Å². The molecule has 0 spiro atoms. The summed E-state index contributed by atoms with van der Waals surface area (Å²) in [5, 5.41) is 3.34. The average Bonchev–Trinajstić information content (AvgIpc) is 2.62. The molecular weight excluding hydrogens is 307 g/mol. The van der Waals surface area contributed by atoms with E-state index in [0.717, 1.165) is 32.7 Å². The van der Waals surface area contributed by atoms with Crippen molar-refractivity contribution < 1.29 is 13.9 Å². The monoisotopic (exact) mass is 328 g/mol. The second kappa shape index (κ2) is 8.04. The van der Waals surface area contributed by atoms with E-state index in [1.165, 1.54) is 29.8 Å². The maximum Gasteiger partial charge on any atom is 0.200 e. The van der Waals surface area contributed by atoms with Crippen molar-refractivity contribution in [3.05, 3.63) is 65.5 Å². The minimum absolute atomic E-state index is 0.0528. The fraction of sp³-hybridized carbons (Fsp3) is 0.316. The molecule has 1 aliphatic rings. The predicted molar refractivity (Wildman–Crippen MR) is 90.8 cm³/mol. The van der Waals surface area contributed by atoms with Crippen LogP contribution in [0.5, 0.6) is 5.75 Å². The van der Waals surface area contributed by atoms with E-state index in [1.807, 2.05) is 24.3 Å². The lowest BCUT2D eigenvalue weighted by molar-refractivity contribution is 0.0921. The first-order valence-corrected chi connectivity index (χ1v) is 8.14. The van der Waals surface area contributed by atoms with Gasteiger partial charge < -0.3 is 10.1 Å². The molecule has 0 unspecified atom stereocenters. The number of nitrogens with zero attached hydrogens (tertiary/aromatic N) is 1. The SMILES string of the molecule is O=C(COc1ccc(CN2CCNCC2)cc1)c1ccc(F)cc1. The van der Waals surface area contributed by atoms with Gasteiger partial charge in [0, 0.05) is 38.3 Å². The van der Waals surface area contributed by atoms with Crippen LogP contribution < -0.4 is 10.1 Å². The van der Waals surface area contributed by atoms with Gasteiger partial charge in [-0.3, -0.25) is 9.69 Å². The number of nitrogens with one attached hydrogen (secondary N) is 1. The molecule has 1 N–H and O–H groups in total. The molecule has 0 aliphatic carbocycles. The van der Waals surface area contributed by atoms with E-state index in [0.29, 0.717) is 11.3 Å². The molecule has 1 fully saturated rings. The Balaban J connectivity index is 1.50. The first-order valence-electron chi connectivity index (χ1n) is 8.14. The lowest BCUT2D eigenvalue weighted by Crippen LogP contribution is -2.42. The number of benzene rings is 2.